The second-order valence-electron chi connectivity index (χ2n) is 5.52. The highest BCUT2D eigenvalue weighted by Crippen LogP contribution is 2.56. The molecule has 3 rings (SSSR count). The van der Waals surface area contributed by atoms with Crippen molar-refractivity contribution in [1.29, 1.82) is 0 Å². The summed E-state index contributed by atoms with van der Waals surface area (Å²) in [5, 5.41) is 0. The number of rotatable bonds is 4. The fourth-order valence-electron chi connectivity index (χ4n) is 4.08. The van der Waals surface area contributed by atoms with E-state index in [0.717, 1.165) is 18.3 Å². The average Bonchev–Trinajstić information content (AvgIpc) is 3.04. The Morgan fingerprint density at radius 3 is 2.35 bits per heavy atom. The fourth-order valence-corrected chi connectivity index (χ4v) is 6.69. The van der Waals surface area contributed by atoms with E-state index in [1.807, 2.05) is 0 Å². The number of epoxide rings is 1. The summed E-state index contributed by atoms with van der Waals surface area (Å²) in [5.41, 5.74) is 0.473. The Bertz CT molecular complexity index is 286. The summed E-state index contributed by atoms with van der Waals surface area (Å²) in [6, 6.07) is 0. The second-order valence-corrected chi connectivity index (χ2v) is 8.77. The van der Waals surface area contributed by atoms with E-state index in [1.165, 1.54) is 19.3 Å². The zero-order chi connectivity index (χ0) is 12.0. The van der Waals surface area contributed by atoms with Gasteiger partial charge in [-0.15, -0.1) is 0 Å². The van der Waals surface area contributed by atoms with Gasteiger partial charge >= 0.3 is 8.80 Å². The van der Waals surface area contributed by atoms with Crippen molar-refractivity contribution in [1.82, 2.24) is 0 Å². The van der Waals surface area contributed by atoms with Crippen LogP contribution in [0.15, 0.2) is 0 Å². The molecule has 98 valence electrons. The van der Waals surface area contributed by atoms with Gasteiger partial charge in [-0.1, -0.05) is 0 Å². The van der Waals surface area contributed by atoms with E-state index in [0.29, 0.717) is 17.7 Å². The quantitative estimate of drug-likeness (QED) is 0.570. The zero-order valence-electron chi connectivity index (χ0n) is 10.8. The summed E-state index contributed by atoms with van der Waals surface area (Å²) >= 11 is 0. The van der Waals surface area contributed by atoms with Gasteiger partial charge in [-0.2, -0.15) is 0 Å². The highest BCUT2D eigenvalue weighted by molar-refractivity contribution is 6.62. The lowest BCUT2D eigenvalue weighted by Gasteiger charge is -2.39. The molecular formula is C12H22O4Si. The molecule has 2 saturated carbocycles. The van der Waals surface area contributed by atoms with Crippen molar-refractivity contribution in [2.45, 2.75) is 43.4 Å². The van der Waals surface area contributed by atoms with Crippen LogP contribution in [-0.4, -0.2) is 42.3 Å². The highest BCUT2D eigenvalue weighted by atomic mass is 28.4. The van der Waals surface area contributed by atoms with Crippen LogP contribution in [-0.2, 0) is 18.0 Å². The topological polar surface area (TPSA) is 40.2 Å². The first-order valence-corrected chi connectivity index (χ1v) is 8.35. The third kappa shape index (κ3) is 1.79. The molecule has 1 heterocycles. The smallest absolute Gasteiger partial charge is 0.377 e. The molecule has 0 bridgehead atoms. The Balaban J connectivity index is 1.69. The number of fused-ring (bicyclic) bond motifs is 3. The molecule has 0 N–H and O–H groups in total. The minimum Gasteiger partial charge on any atom is -0.377 e. The van der Waals surface area contributed by atoms with Crippen molar-refractivity contribution in [3.8, 4) is 0 Å². The monoisotopic (exact) mass is 258 g/mol. The van der Waals surface area contributed by atoms with E-state index in [4.69, 9.17) is 18.0 Å². The molecule has 1 saturated heterocycles. The molecule has 0 aromatic heterocycles. The maximum absolute atomic E-state index is 5.64. The molecule has 0 aromatic rings. The molecule has 0 radical (unpaired) electrons. The van der Waals surface area contributed by atoms with Gasteiger partial charge in [0.15, 0.2) is 0 Å². The van der Waals surface area contributed by atoms with Crippen molar-refractivity contribution in [3.63, 3.8) is 0 Å². The van der Waals surface area contributed by atoms with Crippen LogP contribution < -0.4 is 0 Å². The van der Waals surface area contributed by atoms with Crippen LogP contribution in [0.5, 0.6) is 0 Å². The van der Waals surface area contributed by atoms with Gasteiger partial charge in [0.2, 0.25) is 0 Å². The molecule has 3 aliphatic rings. The maximum Gasteiger partial charge on any atom is 0.503 e. The van der Waals surface area contributed by atoms with Crippen LogP contribution in [0.25, 0.3) is 0 Å². The van der Waals surface area contributed by atoms with Crippen LogP contribution in [0.2, 0.25) is 5.54 Å². The van der Waals surface area contributed by atoms with Crippen molar-refractivity contribution in [2.75, 3.05) is 21.3 Å². The van der Waals surface area contributed by atoms with Crippen molar-refractivity contribution >= 4 is 8.80 Å². The van der Waals surface area contributed by atoms with E-state index < -0.39 is 8.80 Å². The van der Waals surface area contributed by atoms with E-state index in [-0.39, 0.29) is 0 Å². The molecule has 5 unspecified atom stereocenters. The highest BCUT2D eigenvalue weighted by Gasteiger charge is 2.60. The first-order chi connectivity index (χ1) is 8.24. The summed E-state index contributed by atoms with van der Waals surface area (Å²) in [7, 11) is 2.74. The van der Waals surface area contributed by atoms with Crippen molar-refractivity contribution in [3.05, 3.63) is 0 Å². The SMILES string of the molecule is CO[Si](OC)(OC)C1CCC2C(CC3OC32)C1. The third-order valence-electron chi connectivity index (χ3n) is 4.97. The Labute approximate surface area is 104 Å². The average molecular weight is 258 g/mol. The van der Waals surface area contributed by atoms with E-state index >= 15 is 0 Å². The molecule has 0 amide bonds. The van der Waals surface area contributed by atoms with E-state index in [9.17, 15) is 0 Å². The first kappa shape index (κ1) is 12.1. The van der Waals surface area contributed by atoms with Gasteiger partial charge in [0.25, 0.3) is 0 Å². The Kier molecular flexibility index (Phi) is 3.07. The van der Waals surface area contributed by atoms with Gasteiger partial charge in [0, 0.05) is 26.9 Å². The minimum absolute atomic E-state index is 0.473. The number of hydrogen-bond donors (Lipinski definition) is 0. The normalized spacial score (nSPS) is 44.3. The number of hydrogen-bond acceptors (Lipinski definition) is 4. The lowest BCUT2D eigenvalue weighted by Crippen LogP contribution is -2.49. The van der Waals surface area contributed by atoms with E-state index in [1.54, 1.807) is 21.3 Å². The third-order valence-corrected chi connectivity index (χ3v) is 8.21. The predicted molar refractivity (Wildman–Crippen MR) is 64.6 cm³/mol. The standard InChI is InChI=1S/C12H22O4Si/c1-13-17(14-2,15-3)9-4-5-10-8(6-9)7-11-12(10)16-11/h8-12H,4-7H2,1-3H3. The largest absolute Gasteiger partial charge is 0.503 e. The molecule has 4 nitrogen and oxygen atoms in total. The Morgan fingerprint density at radius 2 is 1.71 bits per heavy atom. The van der Waals surface area contributed by atoms with Crippen molar-refractivity contribution < 1.29 is 18.0 Å². The summed E-state index contributed by atoms with van der Waals surface area (Å²) in [6.07, 6.45) is 6.02. The number of ether oxygens (including phenoxy) is 1. The second kappa shape index (κ2) is 4.31. The van der Waals surface area contributed by atoms with Crippen LogP contribution in [0.1, 0.15) is 25.7 Å². The maximum atomic E-state index is 5.64. The van der Waals surface area contributed by atoms with Gasteiger partial charge in [-0.3, -0.25) is 0 Å². The molecule has 17 heavy (non-hydrogen) atoms. The lowest BCUT2D eigenvalue weighted by molar-refractivity contribution is 0.0822. The molecule has 2 aliphatic carbocycles. The van der Waals surface area contributed by atoms with Gasteiger partial charge in [-0.05, 0) is 37.5 Å². The molecule has 0 aromatic carbocycles. The van der Waals surface area contributed by atoms with E-state index in [2.05, 4.69) is 0 Å². The van der Waals surface area contributed by atoms with Crippen LogP contribution in [0.4, 0.5) is 0 Å². The molecule has 1 aliphatic heterocycles. The summed E-state index contributed by atoms with van der Waals surface area (Å²) in [6.45, 7) is 0. The minimum atomic E-state index is -2.42. The van der Waals surface area contributed by atoms with Crippen LogP contribution in [0, 0.1) is 11.8 Å². The van der Waals surface area contributed by atoms with Crippen LogP contribution >= 0.6 is 0 Å². The fraction of sp³-hybridized carbons (Fsp3) is 1.00. The van der Waals surface area contributed by atoms with Gasteiger partial charge < -0.3 is 18.0 Å². The van der Waals surface area contributed by atoms with Gasteiger partial charge in [0.05, 0.1) is 12.2 Å². The van der Waals surface area contributed by atoms with Crippen molar-refractivity contribution in [2.24, 2.45) is 11.8 Å². The van der Waals surface area contributed by atoms with Crippen LogP contribution in [0.3, 0.4) is 0 Å². The molecule has 3 fully saturated rings. The molecular weight excluding hydrogens is 236 g/mol. The Hall–Kier alpha value is 0.0569. The van der Waals surface area contributed by atoms with Gasteiger partial charge in [-0.25, -0.2) is 0 Å². The Morgan fingerprint density at radius 1 is 1.00 bits per heavy atom. The molecule has 5 atom stereocenters. The predicted octanol–water partition coefficient (Wildman–Crippen LogP) is 1.82. The summed E-state index contributed by atoms with van der Waals surface area (Å²) in [4.78, 5) is 0. The summed E-state index contributed by atoms with van der Waals surface area (Å²) < 4.78 is 22.5. The molecule has 0 spiro atoms. The summed E-state index contributed by atoms with van der Waals surface area (Å²) in [5.74, 6) is 1.61. The lowest BCUT2D eigenvalue weighted by atomic mass is 9.80. The first-order valence-electron chi connectivity index (χ1n) is 6.55. The van der Waals surface area contributed by atoms with Gasteiger partial charge in [0.1, 0.15) is 0 Å². The molecule has 5 heteroatoms. The zero-order valence-corrected chi connectivity index (χ0v) is 11.8.